The second kappa shape index (κ2) is 9.86. The Balaban J connectivity index is 0.00000225. The van der Waals surface area contributed by atoms with Gasteiger partial charge >= 0.3 is 0 Å². The minimum atomic E-state index is 0. The number of benzene rings is 1. The smallest absolute Gasteiger partial charge is 0.194 e. The first-order valence-corrected chi connectivity index (χ1v) is 9.05. The minimum Gasteiger partial charge on any atom is -0.497 e. The van der Waals surface area contributed by atoms with Crippen LogP contribution in [0, 0.1) is 0 Å². The van der Waals surface area contributed by atoms with Gasteiger partial charge in [-0.2, -0.15) is 0 Å². The van der Waals surface area contributed by atoms with Gasteiger partial charge in [-0.1, -0.05) is 12.1 Å². The molecule has 1 aliphatic rings. The van der Waals surface area contributed by atoms with E-state index in [0.717, 1.165) is 44.4 Å². The zero-order chi connectivity index (χ0) is 16.8. The Kier molecular flexibility index (Phi) is 7.83. The Morgan fingerprint density at radius 2 is 2.00 bits per heavy atom. The second-order valence-electron chi connectivity index (χ2n) is 5.66. The number of guanidine groups is 1. The maximum absolute atomic E-state index is 5.32. The Labute approximate surface area is 170 Å². The van der Waals surface area contributed by atoms with Gasteiger partial charge in [0.15, 0.2) is 5.96 Å². The van der Waals surface area contributed by atoms with E-state index in [2.05, 4.69) is 49.8 Å². The second-order valence-corrected chi connectivity index (χ2v) is 6.69. The molecule has 0 radical (unpaired) electrons. The topological polar surface area (TPSA) is 40.1 Å². The van der Waals surface area contributed by atoms with Gasteiger partial charge in [0.1, 0.15) is 5.75 Å². The molecule has 1 N–H and O–H groups in total. The molecule has 0 bridgehead atoms. The minimum absolute atomic E-state index is 0. The summed E-state index contributed by atoms with van der Waals surface area (Å²) in [4.78, 5) is 10.5. The number of anilines is 1. The van der Waals surface area contributed by atoms with Crippen LogP contribution in [0.1, 0.15) is 4.88 Å². The van der Waals surface area contributed by atoms with Crippen LogP contribution in [0.4, 0.5) is 5.69 Å². The van der Waals surface area contributed by atoms with Gasteiger partial charge in [0, 0.05) is 49.9 Å². The maximum atomic E-state index is 5.32. The molecule has 136 valence electrons. The Morgan fingerprint density at radius 3 is 2.64 bits per heavy atom. The quantitative estimate of drug-likeness (QED) is 0.422. The highest BCUT2D eigenvalue weighted by molar-refractivity contribution is 14.0. The molecule has 2 heterocycles. The standard InChI is InChI=1S/C18H24N4OS.HI/c1-19-18(20-14-17-7-4-12-24-17)22-10-8-21(9-11-22)15-5-3-6-16(13-15)23-2;/h3-7,12-13H,8-11,14H2,1-2H3,(H,19,20);1H. The predicted molar refractivity (Wildman–Crippen MR) is 117 cm³/mol. The van der Waals surface area contributed by atoms with Crippen molar-refractivity contribution in [3.05, 3.63) is 46.7 Å². The lowest BCUT2D eigenvalue weighted by Crippen LogP contribution is -2.52. The molecule has 25 heavy (non-hydrogen) atoms. The summed E-state index contributed by atoms with van der Waals surface area (Å²) in [5.41, 5.74) is 1.22. The molecule has 0 amide bonds. The Hall–Kier alpha value is -1.48. The number of piperazine rings is 1. The number of aliphatic imine (C=N–C) groups is 1. The van der Waals surface area contributed by atoms with E-state index >= 15 is 0 Å². The molecule has 1 saturated heterocycles. The molecule has 2 aromatic rings. The van der Waals surface area contributed by atoms with Crippen molar-refractivity contribution in [2.24, 2.45) is 4.99 Å². The molecule has 1 aromatic heterocycles. The number of nitrogens with zero attached hydrogens (tertiary/aromatic N) is 3. The molecule has 1 aliphatic heterocycles. The molecule has 0 saturated carbocycles. The van der Waals surface area contributed by atoms with Crippen LogP contribution in [0.15, 0.2) is 46.8 Å². The van der Waals surface area contributed by atoms with Crippen molar-refractivity contribution in [1.82, 2.24) is 10.2 Å². The van der Waals surface area contributed by atoms with Gasteiger partial charge in [0.2, 0.25) is 0 Å². The fraction of sp³-hybridized carbons (Fsp3) is 0.389. The molecule has 0 aliphatic carbocycles. The average molecular weight is 472 g/mol. The lowest BCUT2D eigenvalue weighted by atomic mass is 10.2. The molecule has 0 atom stereocenters. The van der Waals surface area contributed by atoms with E-state index < -0.39 is 0 Å². The first kappa shape index (κ1) is 19.8. The van der Waals surface area contributed by atoms with Gasteiger partial charge in [-0.05, 0) is 23.6 Å². The molecular weight excluding hydrogens is 447 g/mol. The monoisotopic (exact) mass is 472 g/mol. The van der Waals surface area contributed by atoms with Crippen molar-refractivity contribution in [3.63, 3.8) is 0 Å². The van der Waals surface area contributed by atoms with Gasteiger partial charge in [0.05, 0.1) is 13.7 Å². The van der Waals surface area contributed by atoms with Crippen LogP contribution >= 0.6 is 35.3 Å². The third-order valence-corrected chi connectivity index (χ3v) is 5.09. The molecule has 5 nitrogen and oxygen atoms in total. The predicted octanol–water partition coefficient (Wildman–Crippen LogP) is 3.27. The fourth-order valence-corrected chi connectivity index (χ4v) is 3.54. The highest BCUT2D eigenvalue weighted by Gasteiger charge is 2.20. The van der Waals surface area contributed by atoms with Crippen LogP contribution in [0.3, 0.4) is 0 Å². The number of rotatable bonds is 4. The first-order chi connectivity index (χ1) is 11.8. The zero-order valence-electron chi connectivity index (χ0n) is 14.6. The number of ether oxygens (including phenoxy) is 1. The summed E-state index contributed by atoms with van der Waals surface area (Å²) in [6.45, 7) is 4.71. The van der Waals surface area contributed by atoms with Crippen molar-refractivity contribution < 1.29 is 4.74 Å². The summed E-state index contributed by atoms with van der Waals surface area (Å²) in [5.74, 6) is 1.89. The fourth-order valence-electron chi connectivity index (χ4n) is 2.90. The van der Waals surface area contributed by atoms with E-state index in [9.17, 15) is 0 Å². The number of hydrogen-bond acceptors (Lipinski definition) is 4. The first-order valence-electron chi connectivity index (χ1n) is 8.17. The number of thiophene rings is 1. The summed E-state index contributed by atoms with van der Waals surface area (Å²) in [7, 11) is 3.56. The van der Waals surface area contributed by atoms with Crippen molar-refractivity contribution >= 4 is 47.0 Å². The summed E-state index contributed by atoms with van der Waals surface area (Å²) in [5, 5.41) is 5.57. The van der Waals surface area contributed by atoms with Gasteiger partial charge in [-0.25, -0.2) is 0 Å². The largest absolute Gasteiger partial charge is 0.497 e. The SMILES string of the molecule is CN=C(NCc1cccs1)N1CCN(c2cccc(OC)c2)CC1.I. The highest BCUT2D eigenvalue weighted by Crippen LogP contribution is 2.22. The summed E-state index contributed by atoms with van der Waals surface area (Å²) in [6, 6.07) is 12.5. The maximum Gasteiger partial charge on any atom is 0.194 e. The average Bonchev–Trinajstić information content (AvgIpc) is 3.16. The number of methoxy groups -OCH3 is 1. The van der Waals surface area contributed by atoms with Crippen molar-refractivity contribution in [3.8, 4) is 5.75 Å². The van der Waals surface area contributed by atoms with Gasteiger partial charge < -0.3 is 19.9 Å². The van der Waals surface area contributed by atoms with Crippen LogP contribution in [-0.2, 0) is 6.54 Å². The molecule has 3 rings (SSSR count). The van der Waals surface area contributed by atoms with E-state index in [-0.39, 0.29) is 24.0 Å². The lowest BCUT2D eigenvalue weighted by molar-refractivity contribution is 0.372. The van der Waals surface area contributed by atoms with Gasteiger partial charge in [-0.3, -0.25) is 4.99 Å². The lowest BCUT2D eigenvalue weighted by Gasteiger charge is -2.37. The Morgan fingerprint density at radius 1 is 1.20 bits per heavy atom. The van der Waals surface area contributed by atoms with Crippen LogP contribution < -0.4 is 15.0 Å². The van der Waals surface area contributed by atoms with Crippen LogP contribution in [0.5, 0.6) is 5.75 Å². The summed E-state index contributed by atoms with van der Waals surface area (Å²) >= 11 is 1.77. The molecular formula is C18H25IN4OS. The highest BCUT2D eigenvalue weighted by atomic mass is 127. The van der Waals surface area contributed by atoms with E-state index in [1.54, 1.807) is 18.4 Å². The van der Waals surface area contributed by atoms with Crippen LogP contribution in [0.25, 0.3) is 0 Å². The summed E-state index contributed by atoms with van der Waals surface area (Å²) in [6.07, 6.45) is 0. The van der Waals surface area contributed by atoms with E-state index in [4.69, 9.17) is 4.74 Å². The van der Waals surface area contributed by atoms with E-state index in [1.807, 2.05) is 19.2 Å². The van der Waals surface area contributed by atoms with Crippen molar-refractivity contribution in [2.45, 2.75) is 6.54 Å². The van der Waals surface area contributed by atoms with Crippen LogP contribution in [0.2, 0.25) is 0 Å². The van der Waals surface area contributed by atoms with Gasteiger partial charge in [0.25, 0.3) is 0 Å². The third kappa shape index (κ3) is 5.24. The van der Waals surface area contributed by atoms with Crippen LogP contribution in [-0.4, -0.2) is 51.2 Å². The number of hydrogen-bond donors (Lipinski definition) is 1. The number of halogens is 1. The normalized spacial score (nSPS) is 14.9. The molecule has 7 heteroatoms. The van der Waals surface area contributed by atoms with E-state index in [0.29, 0.717) is 0 Å². The van der Waals surface area contributed by atoms with Crippen molar-refractivity contribution in [2.75, 3.05) is 45.2 Å². The summed E-state index contributed by atoms with van der Waals surface area (Å²) < 4.78 is 5.32. The van der Waals surface area contributed by atoms with Crippen molar-refractivity contribution in [1.29, 1.82) is 0 Å². The van der Waals surface area contributed by atoms with E-state index in [1.165, 1.54) is 10.6 Å². The molecule has 0 unspecified atom stereocenters. The van der Waals surface area contributed by atoms with Gasteiger partial charge in [-0.15, -0.1) is 35.3 Å². The Bertz CT molecular complexity index is 669. The molecule has 1 fully saturated rings. The molecule has 0 spiro atoms. The molecule has 1 aromatic carbocycles. The number of nitrogens with one attached hydrogen (secondary N) is 1. The third-order valence-electron chi connectivity index (χ3n) is 4.21. The zero-order valence-corrected chi connectivity index (χ0v) is 17.8.